The van der Waals surface area contributed by atoms with Gasteiger partial charge in [-0.25, -0.2) is 15.0 Å². The molecule has 1 N–H and O–H groups in total. The Bertz CT molecular complexity index is 744. The summed E-state index contributed by atoms with van der Waals surface area (Å²) < 4.78 is 2.08. The van der Waals surface area contributed by atoms with Crippen LogP contribution < -0.4 is 5.32 Å². The molecule has 1 unspecified atom stereocenters. The molecule has 0 aromatic carbocycles. The van der Waals surface area contributed by atoms with Crippen LogP contribution in [0, 0.1) is 0 Å². The number of nitrogens with zero attached hydrogens (tertiary/aromatic N) is 4. The Morgan fingerprint density at radius 2 is 2.10 bits per heavy atom. The first-order valence-electron chi connectivity index (χ1n) is 7.39. The molecular formula is C16H17N5. The van der Waals surface area contributed by atoms with Crippen LogP contribution in [-0.4, -0.2) is 32.1 Å². The number of hydrogen-bond donors (Lipinski definition) is 1. The summed E-state index contributed by atoms with van der Waals surface area (Å²) in [6.07, 6.45) is 6.97. The molecule has 4 rings (SSSR count). The van der Waals surface area contributed by atoms with Gasteiger partial charge in [-0.15, -0.1) is 0 Å². The smallest absolute Gasteiger partial charge is 0.165 e. The minimum Gasteiger partial charge on any atom is -0.314 e. The van der Waals surface area contributed by atoms with E-state index in [1.54, 1.807) is 6.20 Å². The molecule has 3 aromatic rings. The highest BCUT2D eigenvalue weighted by atomic mass is 15.2. The standard InChI is InChI=1S/C16H17N5/c1-2-8-18-14(7-1)21-15(11-12-5-3-9-17-12)20-13-6-4-10-19-16(13)21/h1-2,4,6-8,10,12,17H,3,5,9,11H2. The molecule has 0 saturated carbocycles. The number of aromatic nitrogens is 4. The Morgan fingerprint density at radius 1 is 1.14 bits per heavy atom. The lowest BCUT2D eigenvalue weighted by Crippen LogP contribution is -2.25. The molecule has 1 aliphatic heterocycles. The fraction of sp³-hybridized carbons (Fsp3) is 0.312. The third-order valence-electron chi connectivity index (χ3n) is 3.96. The van der Waals surface area contributed by atoms with Crippen molar-refractivity contribution < 1.29 is 0 Å². The fourth-order valence-corrected chi connectivity index (χ4v) is 2.97. The molecular weight excluding hydrogens is 262 g/mol. The van der Waals surface area contributed by atoms with E-state index in [4.69, 9.17) is 4.98 Å². The third-order valence-corrected chi connectivity index (χ3v) is 3.96. The lowest BCUT2D eigenvalue weighted by molar-refractivity contribution is 0.581. The van der Waals surface area contributed by atoms with Crippen LogP contribution in [0.1, 0.15) is 18.7 Å². The Kier molecular flexibility index (Phi) is 3.12. The van der Waals surface area contributed by atoms with Gasteiger partial charge in [-0.2, -0.15) is 0 Å². The first-order valence-corrected chi connectivity index (χ1v) is 7.39. The van der Waals surface area contributed by atoms with E-state index in [0.29, 0.717) is 6.04 Å². The second-order valence-corrected chi connectivity index (χ2v) is 5.39. The predicted molar refractivity (Wildman–Crippen MR) is 81.4 cm³/mol. The fourth-order valence-electron chi connectivity index (χ4n) is 2.97. The summed E-state index contributed by atoms with van der Waals surface area (Å²) in [5.74, 6) is 1.91. The van der Waals surface area contributed by atoms with Crippen molar-refractivity contribution in [2.45, 2.75) is 25.3 Å². The summed E-state index contributed by atoms with van der Waals surface area (Å²) in [5.41, 5.74) is 1.81. The quantitative estimate of drug-likeness (QED) is 0.798. The molecule has 106 valence electrons. The minimum atomic E-state index is 0.504. The van der Waals surface area contributed by atoms with Crippen molar-refractivity contribution in [2.75, 3.05) is 6.54 Å². The molecule has 1 aliphatic rings. The Morgan fingerprint density at radius 3 is 2.90 bits per heavy atom. The van der Waals surface area contributed by atoms with E-state index in [1.807, 2.05) is 36.5 Å². The van der Waals surface area contributed by atoms with Crippen molar-refractivity contribution in [3.63, 3.8) is 0 Å². The molecule has 3 aromatic heterocycles. The number of hydrogen-bond acceptors (Lipinski definition) is 4. The van der Waals surface area contributed by atoms with Crippen LogP contribution in [0.15, 0.2) is 42.7 Å². The SMILES string of the molecule is c1ccc(-n2c(CC3CCCN3)nc3cccnc32)nc1. The van der Waals surface area contributed by atoms with Crippen LogP contribution in [0.3, 0.4) is 0 Å². The van der Waals surface area contributed by atoms with E-state index in [0.717, 1.165) is 35.8 Å². The van der Waals surface area contributed by atoms with Crippen molar-refractivity contribution in [2.24, 2.45) is 0 Å². The summed E-state index contributed by atoms with van der Waals surface area (Å²) in [4.78, 5) is 13.7. The summed E-state index contributed by atoms with van der Waals surface area (Å²) in [6.45, 7) is 1.10. The van der Waals surface area contributed by atoms with Crippen LogP contribution in [0.5, 0.6) is 0 Å². The zero-order valence-corrected chi connectivity index (χ0v) is 11.7. The molecule has 0 bridgehead atoms. The molecule has 1 saturated heterocycles. The second kappa shape index (κ2) is 5.26. The maximum absolute atomic E-state index is 4.77. The number of rotatable bonds is 3. The van der Waals surface area contributed by atoms with Gasteiger partial charge in [0.2, 0.25) is 0 Å². The molecule has 0 aliphatic carbocycles. The molecule has 21 heavy (non-hydrogen) atoms. The lowest BCUT2D eigenvalue weighted by atomic mass is 10.1. The van der Waals surface area contributed by atoms with Gasteiger partial charge in [-0.3, -0.25) is 4.57 Å². The predicted octanol–water partition coefficient (Wildman–Crippen LogP) is 2.11. The average Bonchev–Trinajstić information content (AvgIpc) is 3.15. The Hall–Kier alpha value is -2.27. The van der Waals surface area contributed by atoms with E-state index in [1.165, 1.54) is 12.8 Å². The number of imidazole rings is 1. The first-order chi connectivity index (χ1) is 10.4. The van der Waals surface area contributed by atoms with Gasteiger partial charge >= 0.3 is 0 Å². The zero-order chi connectivity index (χ0) is 14.1. The third kappa shape index (κ3) is 2.29. The van der Waals surface area contributed by atoms with Gasteiger partial charge < -0.3 is 5.32 Å². The Labute approximate surface area is 123 Å². The highest BCUT2D eigenvalue weighted by Gasteiger charge is 2.20. The number of pyridine rings is 2. The van der Waals surface area contributed by atoms with E-state index in [-0.39, 0.29) is 0 Å². The normalized spacial score (nSPS) is 18.4. The Balaban J connectivity index is 1.84. The monoisotopic (exact) mass is 279 g/mol. The van der Waals surface area contributed by atoms with Crippen LogP contribution >= 0.6 is 0 Å². The van der Waals surface area contributed by atoms with Crippen molar-refractivity contribution in [3.8, 4) is 5.82 Å². The van der Waals surface area contributed by atoms with Gasteiger partial charge in [-0.05, 0) is 43.7 Å². The molecule has 0 radical (unpaired) electrons. The van der Waals surface area contributed by atoms with Crippen molar-refractivity contribution >= 4 is 11.2 Å². The van der Waals surface area contributed by atoms with E-state index in [2.05, 4.69) is 19.9 Å². The van der Waals surface area contributed by atoms with Gasteiger partial charge in [0.1, 0.15) is 17.2 Å². The maximum atomic E-state index is 4.77. The average molecular weight is 279 g/mol. The van der Waals surface area contributed by atoms with Crippen LogP contribution in [0.25, 0.3) is 17.0 Å². The van der Waals surface area contributed by atoms with Crippen LogP contribution in [0.2, 0.25) is 0 Å². The highest BCUT2D eigenvalue weighted by molar-refractivity contribution is 5.73. The lowest BCUT2D eigenvalue weighted by Gasteiger charge is -2.11. The second-order valence-electron chi connectivity index (χ2n) is 5.39. The molecule has 4 heterocycles. The summed E-state index contributed by atoms with van der Waals surface area (Å²) >= 11 is 0. The molecule has 1 atom stereocenters. The minimum absolute atomic E-state index is 0.504. The van der Waals surface area contributed by atoms with Gasteiger partial charge in [-0.1, -0.05) is 6.07 Å². The van der Waals surface area contributed by atoms with E-state index in [9.17, 15) is 0 Å². The topological polar surface area (TPSA) is 55.6 Å². The van der Waals surface area contributed by atoms with Crippen molar-refractivity contribution in [1.82, 2.24) is 24.8 Å². The van der Waals surface area contributed by atoms with Crippen LogP contribution in [0.4, 0.5) is 0 Å². The summed E-state index contributed by atoms with van der Waals surface area (Å²) in [7, 11) is 0. The van der Waals surface area contributed by atoms with Crippen molar-refractivity contribution in [3.05, 3.63) is 48.5 Å². The largest absolute Gasteiger partial charge is 0.314 e. The van der Waals surface area contributed by atoms with E-state index < -0.39 is 0 Å². The van der Waals surface area contributed by atoms with E-state index >= 15 is 0 Å². The van der Waals surface area contributed by atoms with Gasteiger partial charge in [0.15, 0.2) is 5.65 Å². The highest BCUT2D eigenvalue weighted by Crippen LogP contribution is 2.20. The zero-order valence-electron chi connectivity index (χ0n) is 11.7. The molecule has 0 spiro atoms. The summed E-state index contributed by atoms with van der Waals surface area (Å²) in [6, 6.07) is 10.4. The van der Waals surface area contributed by atoms with Gasteiger partial charge in [0, 0.05) is 24.9 Å². The molecule has 5 heteroatoms. The molecule has 5 nitrogen and oxygen atoms in total. The van der Waals surface area contributed by atoms with Crippen molar-refractivity contribution in [1.29, 1.82) is 0 Å². The number of fused-ring (bicyclic) bond motifs is 1. The number of nitrogens with one attached hydrogen (secondary N) is 1. The molecule has 0 amide bonds. The molecule has 1 fully saturated rings. The van der Waals surface area contributed by atoms with Crippen LogP contribution in [-0.2, 0) is 6.42 Å². The first kappa shape index (κ1) is 12.5. The summed E-state index contributed by atoms with van der Waals surface area (Å²) in [5, 5.41) is 3.53. The van der Waals surface area contributed by atoms with Gasteiger partial charge in [0.05, 0.1) is 0 Å². The maximum Gasteiger partial charge on any atom is 0.165 e. The van der Waals surface area contributed by atoms with Gasteiger partial charge in [0.25, 0.3) is 0 Å².